The first-order chi connectivity index (χ1) is 9.49. The Labute approximate surface area is 121 Å². The summed E-state index contributed by atoms with van der Waals surface area (Å²) in [4.78, 5) is 21.8. The van der Waals surface area contributed by atoms with E-state index in [0.717, 1.165) is 29.8 Å². The molecule has 20 heavy (non-hydrogen) atoms. The number of hydrogen-bond acceptors (Lipinski definition) is 5. The molecule has 0 saturated heterocycles. The number of carboxylic acids is 1. The van der Waals surface area contributed by atoms with Crippen LogP contribution in [0, 0.1) is 6.92 Å². The fourth-order valence-corrected chi connectivity index (χ4v) is 2.60. The van der Waals surface area contributed by atoms with Crippen molar-refractivity contribution in [1.82, 2.24) is 19.4 Å². The topological polar surface area (TPSA) is 71.2 Å². The third-order valence-corrected chi connectivity index (χ3v) is 3.86. The second-order valence-corrected chi connectivity index (χ2v) is 5.77. The van der Waals surface area contributed by atoms with E-state index in [-0.39, 0.29) is 5.75 Å². The third-order valence-electron chi connectivity index (χ3n) is 2.90. The molecule has 0 unspecified atom stereocenters. The summed E-state index contributed by atoms with van der Waals surface area (Å²) in [5.41, 5.74) is 2.72. The zero-order chi connectivity index (χ0) is 14.7. The summed E-state index contributed by atoms with van der Waals surface area (Å²) >= 11 is 1.24. The number of likely N-dealkylation sites (N-methyl/N-ethyl adjacent to an activating group) is 1. The molecule has 2 aromatic heterocycles. The van der Waals surface area contributed by atoms with E-state index in [2.05, 4.69) is 14.9 Å². The average Bonchev–Trinajstić information content (AvgIpc) is 2.73. The van der Waals surface area contributed by atoms with E-state index >= 15 is 0 Å². The van der Waals surface area contributed by atoms with Gasteiger partial charge in [0.1, 0.15) is 5.52 Å². The highest BCUT2D eigenvalue weighted by Crippen LogP contribution is 2.24. The van der Waals surface area contributed by atoms with E-state index in [1.54, 1.807) is 6.20 Å². The number of carboxylic acid groups (broad SMARTS) is 1. The van der Waals surface area contributed by atoms with Gasteiger partial charge in [-0.2, -0.15) is 0 Å². The number of imidazole rings is 1. The maximum absolute atomic E-state index is 10.8. The molecule has 0 aliphatic rings. The van der Waals surface area contributed by atoms with Crippen LogP contribution in [0.4, 0.5) is 0 Å². The van der Waals surface area contributed by atoms with Crippen LogP contribution in [0.2, 0.25) is 0 Å². The zero-order valence-electron chi connectivity index (χ0n) is 11.8. The van der Waals surface area contributed by atoms with Crippen LogP contribution in [0.5, 0.6) is 0 Å². The molecule has 7 heteroatoms. The van der Waals surface area contributed by atoms with Crippen LogP contribution >= 0.6 is 11.8 Å². The molecule has 0 amide bonds. The molecular weight excluding hydrogens is 276 g/mol. The van der Waals surface area contributed by atoms with Crippen molar-refractivity contribution in [1.29, 1.82) is 0 Å². The summed E-state index contributed by atoms with van der Waals surface area (Å²) in [6, 6.07) is 1.91. The predicted octanol–water partition coefficient (Wildman–Crippen LogP) is 1.48. The van der Waals surface area contributed by atoms with Crippen LogP contribution in [0.15, 0.2) is 17.4 Å². The zero-order valence-corrected chi connectivity index (χ0v) is 12.6. The fourth-order valence-electron chi connectivity index (χ4n) is 1.86. The number of rotatable bonds is 6. The molecule has 2 heterocycles. The number of nitrogens with zero attached hydrogens (tertiary/aromatic N) is 4. The van der Waals surface area contributed by atoms with Crippen molar-refractivity contribution < 1.29 is 9.90 Å². The van der Waals surface area contributed by atoms with Crippen LogP contribution in [0.25, 0.3) is 11.2 Å². The normalized spacial score (nSPS) is 11.4. The van der Waals surface area contributed by atoms with Crippen LogP contribution in [0.1, 0.15) is 5.56 Å². The Balaban J connectivity index is 2.39. The van der Waals surface area contributed by atoms with E-state index in [1.807, 2.05) is 31.7 Å². The standard InChI is InChI=1S/C13H18N4O2S/c1-9-4-5-14-12-11(9)15-13(20-8-10(18)19)17(12)7-6-16(2)3/h4-5H,6-8H2,1-3H3,(H,18,19). The van der Waals surface area contributed by atoms with Crippen molar-refractivity contribution in [2.75, 3.05) is 26.4 Å². The Bertz CT molecular complexity index is 624. The highest BCUT2D eigenvalue weighted by molar-refractivity contribution is 7.99. The Hall–Kier alpha value is -1.60. The molecular formula is C13H18N4O2S. The van der Waals surface area contributed by atoms with Crippen molar-refractivity contribution in [2.24, 2.45) is 0 Å². The van der Waals surface area contributed by atoms with Crippen LogP contribution in [0.3, 0.4) is 0 Å². The number of aliphatic carboxylic acids is 1. The molecule has 0 aromatic carbocycles. The number of hydrogen-bond donors (Lipinski definition) is 1. The summed E-state index contributed by atoms with van der Waals surface area (Å²) < 4.78 is 2.00. The van der Waals surface area contributed by atoms with Crippen molar-refractivity contribution in [3.63, 3.8) is 0 Å². The van der Waals surface area contributed by atoms with Gasteiger partial charge in [0, 0.05) is 19.3 Å². The van der Waals surface area contributed by atoms with Gasteiger partial charge in [0.2, 0.25) is 0 Å². The second-order valence-electron chi connectivity index (χ2n) is 4.83. The van der Waals surface area contributed by atoms with Gasteiger partial charge in [0.25, 0.3) is 0 Å². The minimum absolute atomic E-state index is 0.00430. The number of thioether (sulfide) groups is 1. The summed E-state index contributed by atoms with van der Waals surface area (Å²) in [6.07, 6.45) is 1.76. The first kappa shape index (κ1) is 14.8. The van der Waals surface area contributed by atoms with Crippen molar-refractivity contribution in [2.45, 2.75) is 18.6 Å². The van der Waals surface area contributed by atoms with Crippen molar-refractivity contribution >= 4 is 28.9 Å². The lowest BCUT2D eigenvalue weighted by Gasteiger charge is -2.12. The van der Waals surface area contributed by atoms with Gasteiger partial charge in [0.15, 0.2) is 10.8 Å². The minimum Gasteiger partial charge on any atom is -0.481 e. The largest absolute Gasteiger partial charge is 0.481 e. The van der Waals surface area contributed by atoms with E-state index in [1.165, 1.54) is 11.8 Å². The number of aromatic nitrogens is 3. The van der Waals surface area contributed by atoms with Gasteiger partial charge in [-0.05, 0) is 32.6 Å². The van der Waals surface area contributed by atoms with Crippen molar-refractivity contribution in [3.8, 4) is 0 Å². The van der Waals surface area contributed by atoms with Crippen LogP contribution < -0.4 is 0 Å². The van der Waals surface area contributed by atoms with Gasteiger partial charge in [-0.1, -0.05) is 11.8 Å². The molecule has 0 atom stereocenters. The van der Waals surface area contributed by atoms with Gasteiger partial charge in [-0.25, -0.2) is 9.97 Å². The number of pyridine rings is 1. The highest BCUT2D eigenvalue weighted by Gasteiger charge is 2.15. The lowest BCUT2D eigenvalue weighted by Crippen LogP contribution is -2.19. The molecule has 0 aliphatic carbocycles. The lowest BCUT2D eigenvalue weighted by molar-refractivity contribution is -0.133. The molecule has 6 nitrogen and oxygen atoms in total. The molecule has 1 N–H and O–H groups in total. The fraction of sp³-hybridized carbons (Fsp3) is 0.462. The lowest BCUT2D eigenvalue weighted by atomic mass is 10.3. The predicted molar refractivity (Wildman–Crippen MR) is 79.2 cm³/mol. The summed E-state index contributed by atoms with van der Waals surface area (Å²) in [6.45, 7) is 3.57. The second kappa shape index (κ2) is 6.23. The molecule has 2 aromatic rings. The van der Waals surface area contributed by atoms with Crippen LogP contribution in [-0.2, 0) is 11.3 Å². The minimum atomic E-state index is -0.842. The monoisotopic (exact) mass is 294 g/mol. The number of aryl methyl sites for hydroxylation is 1. The van der Waals surface area contributed by atoms with Crippen molar-refractivity contribution in [3.05, 3.63) is 17.8 Å². The Morgan fingerprint density at radius 3 is 2.90 bits per heavy atom. The quantitative estimate of drug-likeness (QED) is 0.814. The smallest absolute Gasteiger partial charge is 0.313 e. The maximum Gasteiger partial charge on any atom is 0.313 e. The first-order valence-electron chi connectivity index (χ1n) is 6.30. The van der Waals surface area contributed by atoms with Gasteiger partial charge in [-0.3, -0.25) is 4.79 Å². The Morgan fingerprint density at radius 1 is 1.50 bits per heavy atom. The molecule has 0 fully saturated rings. The Morgan fingerprint density at radius 2 is 2.25 bits per heavy atom. The van der Waals surface area contributed by atoms with Gasteiger partial charge in [-0.15, -0.1) is 0 Å². The van der Waals surface area contributed by atoms with Crippen LogP contribution in [-0.4, -0.2) is 56.9 Å². The SMILES string of the molecule is Cc1ccnc2c1nc(SCC(=O)O)n2CCN(C)C. The van der Waals surface area contributed by atoms with Gasteiger partial charge < -0.3 is 14.6 Å². The molecule has 0 spiro atoms. The molecule has 0 radical (unpaired) electrons. The first-order valence-corrected chi connectivity index (χ1v) is 7.28. The van der Waals surface area contributed by atoms with Gasteiger partial charge >= 0.3 is 5.97 Å². The molecule has 108 valence electrons. The van der Waals surface area contributed by atoms with Gasteiger partial charge in [0.05, 0.1) is 5.75 Å². The maximum atomic E-state index is 10.8. The molecule has 0 aliphatic heterocycles. The third kappa shape index (κ3) is 3.29. The summed E-state index contributed by atoms with van der Waals surface area (Å²) in [7, 11) is 4.00. The van der Waals surface area contributed by atoms with E-state index < -0.39 is 5.97 Å². The number of carbonyl (C=O) groups is 1. The molecule has 0 bridgehead atoms. The van der Waals surface area contributed by atoms with E-state index in [4.69, 9.17) is 5.11 Å². The van der Waals surface area contributed by atoms with E-state index in [9.17, 15) is 4.79 Å². The Kier molecular flexibility index (Phi) is 4.61. The summed E-state index contributed by atoms with van der Waals surface area (Å²) in [5, 5.41) is 9.55. The molecule has 2 rings (SSSR count). The number of fused-ring (bicyclic) bond motifs is 1. The molecule has 0 saturated carbocycles. The highest BCUT2D eigenvalue weighted by atomic mass is 32.2. The van der Waals surface area contributed by atoms with E-state index in [0.29, 0.717) is 5.16 Å². The summed E-state index contributed by atoms with van der Waals surface area (Å²) in [5.74, 6) is -0.837. The average molecular weight is 294 g/mol.